The van der Waals surface area contributed by atoms with Gasteiger partial charge >= 0.3 is 0 Å². The largest absolute Gasteiger partial charge is 0.352 e. The predicted octanol–water partition coefficient (Wildman–Crippen LogP) is 2.10. The molecule has 0 saturated heterocycles. The molecule has 0 spiro atoms. The maximum atomic E-state index is 11.9. The molecule has 3 N–H and O–H groups in total. The van der Waals surface area contributed by atoms with E-state index in [9.17, 15) is 4.79 Å². The lowest BCUT2D eigenvalue weighted by Gasteiger charge is -2.02. The number of benzene rings is 1. The predicted molar refractivity (Wildman–Crippen MR) is 81.9 cm³/mol. The van der Waals surface area contributed by atoms with Crippen LogP contribution in [0, 0.1) is 0 Å². The molecular weight excluding hydrogens is 320 g/mol. The molecule has 0 aliphatic rings. The van der Waals surface area contributed by atoms with Gasteiger partial charge in [0, 0.05) is 17.2 Å². The zero-order valence-electron chi connectivity index (χ0n) is 11.1. The average molecular weight is 337 g/mol. The van der Waals surface area contributed by atoms with Crippen molar-refractivity contribution >= 4 is 21.8 Å². The second kappa shape index (κ2) is 7.21. The molecule has 0 bridgehead atoms. The molecule has 0 atom stereocenters. The molecule has 0 unspecified atom stereocenters. The minimum Gasteiger partial charge on any atom is -0.352 e. The van der Waals surface area contributed by atoms with Crippen LogP contribution >= 0.6 is 15.9 Å². The van der Waals surface area contributed by atoms with Crippen LogP contribution < -0.4 is 11.1 Å². The molecule has 2 rings (SSSR count). The summed E-state index contributed by atoms with van der Waals surface area (Å²) in [5, 5.41) is 7.05. The molecule has 0 aliphatic heterocycles. The first-order chi connectivity index (χ1) is 9.70. The minimum absolute atomic E-state index is 0.106. The average Bonchev–Trinajstić information content (AvgIpc) is 2.94. The molecule has 1 aromatic heterocycles. The lowest BCUT2D eigenvalue weighted by atomic mass is 10.3. The Kier molecular flexibility index (Phi) is 5.31. The Morgan fingerprint density at radius 2 is 2.05 bits per heavy atom. The maximum absolute atomic E-state index is 11.9. The van der Waals surface area contributed by atoms with E-state index in [0.717, 1.165) is 23.0 Å². The summed E-state index contributed by atoms with van der Waals surface area (Å²) in [5.41, 5.74) is 6.87. The van der Waals surface area contributed by atoms with Gasteiger partial charge in [0.25, 0.3) is 5.91 Å². The van der Waals surface area contributed by atoms with E-state index in [1.165, 1.54) is 0 Å². The van der Waals surface area contributed by atoms with Crippen LogP contribution in [0.2, 0.25) is 0 Å². The molecule has 0 saturated carbocycles. The Morgan fingerprint density at radius 3 is 2.75 bits per heavy atom. The van der Waals surface area contributed by atoms with Crippen molar-refractivity contribution in [3.63, 3.8) is 0 Å². The third-order valence-electron chi connectivity index (χ3n) is 2.85. The van der Waals surface area contributed by atoms with Crippen molar-refractivity contribution < 1.29 is 4.79 Å². The summed E-state index contributed by atoms with van der Waals surface area (Å²) in [6, 6.07) is 7.73. The van der Waals surface area contributed by atoms with E-state index in [0.29, 0.717) is 18.7 Å². The van der Waals surface area contributed by atoms with Gasteiger partial charge in [-0.1, -0.05) is 15.9 Å². The summed E-state index contributed by atoms with van der Waals surface area (Å²) in [4.78, 5) is 11.9. The molecule has 1 amide bonds. The molecule has 106 valence electrons. The lowest BCUT2D eigenvalue weighted by Crippen LogP contribution is -2.24. The Labute approximate surface area is 126 Å². The number of hydrogen-bond acceptors (Lipinski definition) is 3. The van der Waals surface area contributed by atoms with Crippen LogP contribution in [0.1, 0.15) is 23.2 Å². The minimum atomic E-state index is -0.106. The molecule has 0 fully saturated rings. The standard InChI is InChI=1S/C14H17BrN4O/c15-12-3-5-13(6-4-12)19-10-11(9-18-19)14(20)17-8-2-1-7-16/h3-6,9-10H,1-2,7-8,16H2,(H,17,20). The number of rotatable bonds is 6. The van der Waals surface area contributed by atoms with E-state index in [1.807, 2.05) is 24.3 Å². The number of amides is 1. The highest BCUT2D eigenvalue weighted by molar-refractivity contribution is 9.10. The third-order valence-corrected chi connectivity index (χ3v) is 3.38. The number of nitrogens with two attached hydrogens (primary N) is 1. The second-order valence-electron chi connectivity index (χ2n) is 4.40. The molecule has 5 nitrogen and oxygen atoms in total. The molecule has 1 heterocycles. The van der Waals surface area contributed by atoms with Crippen molar-refractivity contribution in [3.05, 3.63) is 46.7 Å². The highest BCUT2D eigenvalue weighted by Crippen LogP contribution is 2.14. The number of carbonyl (C=O) groups excluding carboxylic acids is 1. The molecule has 0 radical (unpaired) electrons. The summed E-state index contributed by atoms with van der Waals surface area (Å²) in [6.07, 6.45) is 5.10. The van der Waals surface area contributed by atoms with Crippen molar-refractivity contribution in [2.45, 2.75) is 12.8 Å². The van der Waals surface area contributed by atoms with Crippen LogP contribution in [0.15, 0.2) is 41.1 Å². The Morgan fingerprint density at radius 1 is 1.30 bits per heavy atom. The highest BCUT2D eigenvalue weighted by atomic mass is 79.9. The Balaban J connectivity index is 1.98. The summed E-state index contributed by atoms with van der Waals surface area (Å²) in [7, 11) is 0. The quantitative estimate of drug-likeness (QED) is 0.793. The molecular formula is C14H17BrN4O. The van der Waals surface area contributed by atoms with E-state index >= 15 is 0 Å². The fourth-order valence-electron chi connectivity index (χ4n) is 1.75. The van der Waals surface area contributed by atoms with Gasteiger partial charge in [0.05, 0.1) is 17.4 Å². The smallest absolute Gasteiger partial charge is 0.254 e. The van der Waals surface area contributed by atoms with Gasteiger partial charge in [0.15, 0.2) is 0 Å². The van der Waals surface area contributed by atoms with Crippen LogP contribution in [0.4, 0.5) is 0 Å². The van der Waals surface area contributed by atoms with Crippen molar-refractivity contribution in [1.29, 1.82) is 0 Å². The fourth-order valence-corrected chi connectivity index (χ4v) is 2.01. The van der Waals surface area contributed by atoms with Crippen LogP contribution in [-0.4, -0.2) is 28.8 Å². The maximum Gasteiger partial charge on any atom is 0.254 e. The fraction of sp³-hybridized carbons (Fsp3) is 0.286. The molecule has 6 heteroatoms. The zero-order valence-corrected chi connectivity index (χ0v) is 12.6. The Bertz CT molecular complexity index is 565. The van der Waals surface area contributed by atoms with Crippen LogP contribution in [-0.2, 0) is 0 Å². The van der Waals surface area contributed by atoms with Gasteiger partial charge in [-0.05, 0) is 43.7 Å². The summed E-state index contributed by atoms with van der Waals surface area (Å²) in [6.45, 7) is 1.29. The van der Waals surface area contributed by atoms with Crippen molar-refractivity contribution in [3.8, 4) is 5.69 Å². The summed E-state index contributed by atoms with van der Waals surface area (Å²) in [5.74, 6) is -0.106. The van der Waals surface area contributed by atoms with Gasteiger partial charge in [0.2, 0.25) is 0 Å². The van der Waals surface area contributed by atoms with Gasteiger partial charge < -0.3 is 11.1 Å². The van der Waals surface area contributed by atoms with Gasteiger partial charge in [-0.15, -0.1) is 0 Å². The number of nitrogens with zero attached hydrogens (tertiary/aromatic N) is 2. The summed E-state index contributed by atoms with van der Waals surface area (Å²) < 4.78 is 2.69. The molecule has 2 aromatic rings. The highest BCUT2D eigenvalue weighted by Gasteiger charge is 2.08. The topological polar surface area (TPSA) is 72.9 Å². The van der Waals surface area contributed by atoms with Gasteiger partial charge in [-0.2, -0.15) is 5.10 Å². The lowest BCUT2D eigenvalue weighted by molar-refractivity contribution is 0.0953. The van der Waals surface area contributed by atoms with E-state index in [-0.39, 0.29) is 5.91 Å². The summed E-state index contributed by atoms with van der Waals surface area (Å²) >= 11 is 3.38. The number of carbonyl (C=O) groups is 1. The van der Waals surface area contributed by atoms with Gasteiger partial charge in [-0.25, -0.2) is 4.68 Å². The van der Waals surface area contributed by atoms with Crippen LogP contribution in [0.5, 0.6) is 0 Å². The first kappa shape index (κ1) is 14.7. The van der Waals surface area contributed by atoms with E-state index in [1.54, 1.807) is 17.1 Å². The molecule has 0 aliphatic carbocycles. The van der Waals surface area contributed by atoms with Crippen molar-refractivity contribution in [1.82, 2.24) is 15.1 Å². The number of halogens is 1. The number of unbranched alkanes of at least 4 members (excludes halogenated alkanes) is 1. The first-order valence-corrected chi connectivity index (χ1v) is 7.29. The van der Waals surface area contributed by atoms with Gasteiger partial charge in [0.1, 0.15) is 0 Å². The Hall–Kier alpha value is -1.66. The SMILES string of the molecule is NCCCCNC(=O)c1cnn(-c2ccc(Br)cc2)c1. The van der Waals surface area contributed by atoms with Gasteiger partial charge in [-0.3, -0.25) is 4.79 Å². The number of nitrogens with one attached hydrogen (secondary N) is 1. The molecule has 1 aromatic carbocycles. The number of hydrogen-bond donors (Lipinski definition) is 2. The van der Waals surface area contributed by atoms with E-state index < -0.39 is 0 Å². The third kappa shape index (κ3) is 3.91. The van der Waals surface area contributed by atoms with Crippen molar-refractivity contribution in [2.75, 3.05) is 13.1 Å². The van der Waals surface area contributed by atoms with E-state index in [4.69, 9.17) is 5.73 Å². The first-order valence-electron chi connectivity index (χ1n) is 6.49. The normalized spacial score (nSPS) is 10.5. The van der Waals surface area contributed by atoms with Crippen LogP contribution in [0.25, 0.3) is 5.69 Å². The monoisotopic (exact) mass is 336 g/mol. The molecule has 20 heavy (non-hydrogen) atoms. The van der Waals surface area contributed by atoms with Crippen LogP contribution in [0.3, 0.4) is 0 Å². The zero-order chi connectivity index (χ0) is 14.4. The van der Waals surface area contributed by atoms with Crippen molar-refractivity contribution in [2.24, 2.45) is 5.73 Å². The van der Waals surface area contributed by atoms with E-state index in [2.05, 4.69) is 26.3 Å². The number of aromatic nitrogens is 2. The second-order valence-corrected chi connectivity index (χ2v) is 5.32.